The zero-order chi connectivity index (χ0) is 8.32. The zero-order valence-electron chi connectivity index (χ0n) is 5.40. The summed E-state index contributed by atoms with van der Waals surface area (Å²) >= 11 is 1.35. The first-order chi connectivity index (χ1) is 5.17. The summed E-state index contributed by atoms with van der Waals surface area (Å²) in [6.07, 6.45) is 0. The molecule has 0 radical (unpaired) electrons. The molecule has 60 valence electrons. The van der Waals surface area contributed by atoms with Crippen molar-refractivity contribution in [2.75, 3.05) is 0 Å². The maximum atomic E-state index is 11.0. The Kier molecular flexibility index (Phi) is 2.85. The van der Waals surface area contributed by atoms with E-state index in [1.165, 1.54) is 35.1 Å². The van der Waals surface area contributed by atoms with Gasteiger partial charge in [0.15, 0.2) is 0 Å². The van der Waals surface area contributed by atoms with Gasteiger partial charge < -0.3 is 0 Å². The third-order valence-electron chi connectivity index (χ3n) is 1.11. The van der Waals surface area contributed by atoms with E-state index in [9.17, 15) is 8.42 Å². The minimum absolute atomic E-state index is 0.175. The van der Waals surface area contributed by atoms with Crippen molar-refractivity contribution in [3.05, 3.63) is 30.3 Å². The van der Waals surface area contributed by atoms with Crippen molar-refractivity contribution in [1.29, 1.82) is 0 Å². The van der Waals surface area contributed by atoms with Gasteiger partial charge in [0.2, 0.25) is 0 Å². The van der Waals surface area contributed by atoms with Crippen LogP contribution in [-0.2, 0) is 12.6 Å². The molecule has 0 spiro atoms. The summed E-state index contributed by atoms with van der Waals surface area (Å²) in [6.45, 7) is 0. The summed E-state index contributed by atoms with van der Waals surface area (Å²) in [5.74, 6) is 0. The molecule has 0 N–H and O–H groups in total. The molecule has 1 aromatic rings. The molecule has 0 atom stereocenters. The Morgan fingerprint density at radius 3 is 2.18 bits per heavy atom. The van der Waals surface area contributed by atoms with E-state index in [-0.39, 0.29) is 4.90 Å². The van der Waals surface area contributed by atoms with Gasteiger partial charge in [0.05, 0.1) is 4.90 Å². The van der Waals surface area contributed by atoms with Crippen LogP contribution in [0, 0.1) is 0 Å². The van der Waals surface area contributed by atoms with Crippen LogP contribution in [0.25, 0.3) is 0 Å². The second-order valence-electron chi connectivity index (χ2n) is 1.83. The first-order valence-corrected chi connectivity index (χ1v) is 5.06. The lowest BCUT2D eigenvalue weighted by Crippen LogP contribution is -1.98. The van der Waals surface area contributed by atoms with Crippen LogP contribution in [0.5, 0.6) is 0 Å². The molecule has 5 heteroatoms. The molecule has 0 fully saturated rings. The van der Waals surface area contributed by atoms with Gasteiger partial charge in [0.25, 0.3) is 0 Å². The van der Waals surface area contributed by atoms with E-state index in [1.807, 2.05) is 0 Å². The smallest absolute Gasteiger partial charge is 0.195 e. The van der Waals surface area contributed by atoms with E-state index in [1.54, 1.807) is 18.2 Å². The van der Waals surface area contributed by atoms with Gasteiger partial charge in [-0.15, -0.1) is 0 Å². The maximum Gasteiger partial charge on any atom is 0.306 e. The van der Waals surface area contributed by atoms with E-state index >= 15 is 0 Å². The van der Waals surface area contributed by atoms with E-state index in [0.29, 0.717) is 0 Å². The molecule has 0 saturated heterocycles. The standard InChI is InChI=1S/C6H5IO3S/c7-10-11(8,9)6-4-2-1-3-5-6/h1-5H. The van der Waals surface area contributed by atoms with Gasteiger partial charge in [-0.1, -0.05) is 18.2 Å². The third kappa shape index (κ3) is 2.14. The Morgan fingerprint density at radius 2 is 1.73 bits per heavy atom. The first kappa shape index (κ1) is 8.95. The molecule has 0 unspecified atom stereocenters. The predicted octanol–water partition coefficient (Wildman–Crippen LogP) is 1.74. The Balaban J connectivity index is 3.14. The highest BCUT2D eigenvalue weighted by Crippen LogP contribution is 2.13. The molecular weight excluding hydrogens is 279 g/mol. The largest absolute Gasteiger partial charge is 0.306 e. The molecule has 11 heavy (non-hydrogen) atoms. The summed E-state index contributed by atoms with van der Waals surface area (Å²) in [4.78, 5) is 0.175. The number of halogens is 1. The third-order valence-corrected chi connectivity index (χ3v) is 3.55. The van der Waals surface area contributed by atoms with Crippen LogP contribution in [0.4, 0.5) is 0 Å². The quantitative estimate of drug-likeness (QED) is 0.777. The summed E-state index contributed by atoms with van der Waals surface area (Å²) in [6, 6.07) is 7.99. The molecule has 0 amide bonds. The van der Waals surface area contributed by atoms with E-state index in [2.05, 4.69) is 2.51 Å². The van der Waals surface area contributed by atoms with Gasteiger partial charge in [-0.3, -0.25) is 0 Å². The topological polar surface area (TPSA) is 43.4 Å². The van der Waals surface area contributed by atoms with Crippen molar-refractivity contribution in [3.63, 3.8) is 0 Å². The summed E-state index contributed by atoms with van der Waals surface area (Å²) in [5, 5.41) is 0. The lowest BCUT2D eigenvalue weighted by molar-refractivity contribution is 0.536. The van der Waals surface area contributed by atoms with Crippen molar-refractivity contribution >= 4 is 33.1 Å². The van der Waals surface area contributed by atoms with Crippen LogP contribution in [0.15, 0.2) is 35.2 Å². The molecule has 1 rings (SSSR count). The normalized spacial score (nSPS) is 11.4. The van der Waals surface area contributed by atoms with Crippen molar-refractivity contribution in [1.82, 2.24) is 0 Å². The highest BCUT2D eigenvalue weighted by Gasteiger charge is 2.11. The Morgan fingerprint density at radius 1 is 1.18 bits per heavy atom. The summed E-state index contributed by atoms with van der Waals surface area (Å²) in [7, 11) is -3.51. The molecule has 0 aromatic heterocycles. The van der Waals surface area contributed by atoms with Gasteiger partial charge in [-0.2, -0.15) is 10.9 Å². The Hall–Kier alpha value is -0.140. The van der Waals surface area contributed by atoms with Crippen LogP contribution in [0.1, 0.15) is 0 Å². The van der Waals surface area contributed by atoms with E-state index in [4.69, 9.17) is 0 Å². The lowest BCUT2D eigenvalue weighted by Gasteiger charge is -1.96. The molecule has 1 aromatic carbocycles. The SMILES string of the molecule is O=S(=O)(OI)c1ccccc1. The van der Waals surface area contributed by atoms with Crippen LogP contribution in [0.2, 0.25) is 0 Å². The van der Waals surface area contributed by atoms with Gasteiger partial charge in [0, 0.05) is 0 Å². The monoisotopic (exact) mass is 284 g/mol. The second-order valence-corrected chi connectivity index (χ2v) is 4.41. The fourth-order valence-corrected chi connectivity index (χ4v) is 1.81. The summed E-state index contributed by atoms with van der Waals surface area (Å²) < 4.78 is 26.2. The predicted molar refractivity (Wildman–Crippen MR) is 48.7 cm³/mol. The van der Waals surface area contributed by atoms with E-state index < -0.39 is 10.1 Å². The molecule has 0 heterocycles. The van der Waals surface area contributed by atoms with E-state index in [0.717, 1.165) is 0 Å². The first-order valence-electron chi connectivity index (χ1n) is 2.77. The number of benzene rings is 1. The average Bonchev–Trinajstić information content (AvgIpc) is 2.06. The minimum atomic E-state index is -3.51. The van der Waals surface area contributed by atoms with Gasteiger partial charge in [-0.05, 0) is 12.1 Å². The van der Waals surface area contributed by atoms with Crippen molar-refractivity contribution in [3.8, 4) is 0 Å². The molecule has 0 bridgehead atoms. The average molecular weight is 284 g/mol. The zero-order valence-corrected chi connectivity index (χ0v) is 8.37. The number of rotatable bonds is 2. The highest BCUT2D eigenvalue weighted by atomic mass is 127. The van der Waals surface area contributed by atoms with Gasteiger partial charge in [0.1, 0.15) is 23.0 Å². The van der Waals surface area contributed by atoms with Gasteiger partial charge in [-0.25, -0.2) is 0 Å². The second kappa shape index (κ2) is 3.51. The number of hydrogen-bond acceptors (Lipinski definition) is 3. The molecule has 3 nitrogen and oxygen atoms in total. The fraction of sp³-hybridized carbons (Fsp3) is 0. The molecule has 0 saturated carbocycles. The summed E-state index contributed by atoms with van der Waals surface area (Å²) in [5.41, 5.74) is 0. The highest BCUT2D eigenvalue weighted by molar-refractivity contribution is 14.1. The van der Waals surface area contributed by atoms with Crippen molar-refractivity contribution < 1.29 is 10.9 Å². The minimum Gasteiger partial charge on any atom is -0.195 e. The fourth-order valence-electron chi connectivity index (χ4n) is 0.624. The van der Waals surface area contributed by atoms with Crippen molar-refractivity contribution in [2.45, 2.75) is 4.90 Å². The molecule has 0 aliphatic carbocycles. The van der Waals surface area contributed by atoms with Gasteiger partial charge >= 0.3 is 10.1 Å². The molecule has 0 aliphatic heterocycles. The van der Waals surface area contributed by atoms with Crippen LogP contribution in [-0.4, -0.2) is 8.42 Å². The molecule has 0 aliphatic rings. The number of hydrogen-bond donors (Lipinski definition) is 0. The lowest BCUT2D eigenvalue weighted by atomic mass is 10.4. The molecular formula is C6H5IO3S. The Bertz CT molecular complexity index is 319. The van der Waals surface area contributed by atoms with Crippen LogP contribution >= 0.6 is 23.0 Å². The van der Waals surface area contributed by atoms with Crippen LogP contribution < -0.4 is 0 Å². The van der Waals surface area contributed by atoms with Crippen molar-refractivity contribution in [2.24, 2.45) is 0 Å². The van der Waals surface area contributed by atoms with Crippen LogP contribution in [0.3, 0.4) is 0 Å². The Labute approximate surface area is 79.2 Å². The maximum absolute atomic E-state index is 11.0.